The smallest absolute Gasteiger partial charge is 0.115 e. The van der Waals surface area contributed by atoms with E-state index in [0.717, 1.165) is 24.0 Å². The fourth-order valence-corrected chi connectivity index (χ4v) is 3.51. The van der Waals surface area contributed by atoms with Gasteiger partial charge in [-0.25, -0.2) is 0 Å². The minimum Gasteiger partial charge on any atom is -0.508 e. The quantitative estimate of drug-likeness (QED) is 0.774. The lowest BCUT2D eigenvalue weighted by Gasteiger charge is -2.44. The summed E-state index contributed by atoms with van der Waals surface area (Å²) in [6.45, 7) is 8.38. The van der Waals surface area contributed by atoms with Gasteiger partial charge in [0.05, 0.1) is 11.7 Å². The lowest BCUT2D eigenvalue weighted by atomic mass is 9.77. The van der Waals surface area contributed by atoms with E-state index in [1.807, 2.05) is 18.2 Å². The molecule has 1 saturated heterocycles. The summed E-state index contributed by atoms with van der Waals surface area (Å²) in [6, 6.07) is 17.8. The van der Waals surface area contributed by atoms with Crippen molar-refractivity contribution in [3.63, 3.8) is 0 Å². The van der Waals surface area contributed by atoms with Gasteiger partial charge in [0.2, 0.25) is 0 Å². The molecule has 0 saturated carbocycles. The van der Waals surface area contributed by atoms with Crippen molar-refractivity contribution in [1.29, 1.82) is 0 Å². The Balaban J connectivity index is 1.97. The van der Waals surface area contributed by atoms with Gasteiger partial charge in [-0.1, -0.05) is 54.6 Å². The van der Waals surface area contributed by atoms with Crippen LogP contribution in [0.5, 0.6) is 5.75 Å². The molecule has 1 aliphatic rings. The van der Waals surface area contributed by atoms with E-state index in [9.17, 15) is 5.11 Å². The van der Waals surface area contributed by atoms with Gasteiger partial charge in [-0.2, -0.15) is 0 Å². The minimum absolute atomic E-state index is 0.0847. The van der Waals surface area contributed by atoms with Crippen molar-refractivity contribution >= 4 is 0 Å². The predicted molar refractivity (Wildman–Crippen MR) is 93.3 cm³/mol. The molecule has 0 spiro atoms. The summed E-state index contributed by atoms with van der Waals surface area (Å²) in [5.74, 6) is 0.548. The molecule has 1 fully saturated rings. The van der Waals surface area contributed by atoms with Crippen LogP contribution in [0.1, 0.15) is 43.9 Å². The third-order valence-electron chi connectivity index (χ3n) is 4.90. The third-order valence-corrected chi connectivity index (χ3v) is 4.90. The summed E-state index contributed by atoms with van der Waals surface area (Å²) >= 11 is 0. The lowest BCUT2D eigenvalue weighted by Crippen LogP contribution is -2.37. The molecular formula is C21H24O2. The number of rotatable bonds is 3. The van der Waals surface area contributed by atoms with Crippen LogP contribution < -0.4 is 0 Å². The molecule has 2 heteroatoms. The van der Waals surface area contributed by atoms with E-state index >= 15 is 0 Å². The number of ether oxygens (including phenoxy) is 1. The van der Waals surface area contributed by atoms with Gasteiger partial charge in [0.25, 0.3) is 0 Å². The Kier molecular flexibility index (Phi) is 4.27. The van der Waals surface area contributed by atoms with Crippen molar-refractivity contribution in [2.45, 2.75) is 38.4 Å². The Morgan fingerprint density at radius 1 is 1.17 bits per heavy atom. The van der Waals surface area contributed by atoms with Crippen molar-refractivity contribution in [2.75, 3.05) is 0 Å². The summed E-state index contributed by atoms with van der Waals surface area (Å²) in [4.78, 5) is 0. The average molecular weight is 308 g/mol. The Morgan fingerprint density at radius 2 is 1.91 bits per heavy atom. The van der Waals surface area contributed by atoms with Gasteiger partial charge in [-0.3, -0.25) is 0 Å². The molecular weight excluding hydrogens is 284 g/mol. The van der Waals surface area contributed by atoms with Crippen LogP contribution in [0.15, 0.2) is 66.7 Å². The third kappa shape index (κ3) is 3.18. The summed E-state index contributed by atoms with van der Waals surface area (Å²) < 4.78 is 6.60. The van der Waals surface area contributed by atoms with Crippen LogP contribution >= 0.6 is 0 Å². The van der Waals surface area contributed by atoms with E-state index < -0.39 is 0 Å². The molecule has 0 bridgehead atoms. The summed E-state index contributed by atoms with van der Waals surface area (Å²) in [5.41, 5.74) is 3.03. The molecule has 1 aliphatic heterocycles. The van der Waals surface area contributed by atoms with Gasteiger partial charge in [-0.15, -0.1) is 0 Å². The van der Waals surface area contributed by atoms with Crippen molar-refractivity contribution in [1.82, 2.24) is 0 Å². The van der Waals surface area contributed by atoms with Gasteiger partial charge in [-0.05, 0) is 49.9 Å². The first-order valence-corrected chi connectivity index (χ1v) is 8.17. The van der Waals surface area contributed by atoms with Crippen LogP contribution in [-0.2, 0) is 10.3 Å². The largest absolute Gasteiger partial charge is 0.508 e. The van der Waals surface area contributed by atoms with Crippen LogP contribution in [0.2, 0.25) is 0 Å². The van der Waals surface area contributed by atoms with Crippen LogP contribution in [-0.4, -0.2) is 5.11 Å². The second-order valence-corrected chi connectivity index (χ2v) is 6.72. The monoisotopic (exact) mass is 308 g/mol. The Morgan fingerprint density at radius 3 is 2.57 bits per heavy atom. The van der Waals surface area contributed by atoms with E-state index in [0.29, 0.717) is 0 Å². The highest BCUT2D eigenvalue weighted by molar-refractivity contribution is 5.32. The molecule has 3 unspecified atom stereocenters. The zero-order chi connectivity index (χ0) is 16.4. The molecule has 120 valence electrons. The molecule has 3 atom stereocenters. The highest BCUT2D eigenvalue weighted by Crippen LogP contribution is 2.48. The number of hydrogen-bond donors (Lipinski definition) is 1. The fraction of sp³-hybridized carbons (Fsp3) is 0.333. The molecule has 0 aromatic heterocycles. The van der Waals surface area contributed by atoms with Crippen LogP contribution in [0.25, 0.3) is 0 Å². The van der Waals surface area contributed by atoms with Gasteiger partial charge in [0, 0.05) is 5.92 Å². The zero-order valence-corrected chi connectivity index (χ0v) is 13.8. The first kappa shape index (κ1) is 15.8. The minimum atomic E-state index is -0.316. The Labute approximate surface area is 138 Å². The first-order valence-electron chi connectivity index (χ1n) is 8.17. The highest BCUT2D eigenvalue weighted by Gasteiger charge is 2.40. The van der Waals surface area contributed by atoms with Crippen LogP contribution in [0.3, 0.4) is 0 Å². The molecule has 0 radical (unpaired) electrons. The number of benzene rings is 2. The molecule has 2 aromatic carbocycles. The number of hydrogen-bond acceptors (Lipinski definition) is 2. The molecule has 23 heavy (non-hydrogen) atoms. The van der Waals surface area contributed by atoms with E-state index in [-0.39, 0.29) is 23.4 Å². The molecule has 2 aromatic rings. The highest BCUT2D eigenvalue weighted by atomic mass is 16.5. The molecule has 2 nitrogen and oxygen atoms in total. The summed E-state index contributed by atoms with van der Waals surface area (Å²) in [6.07, 6.45) is 1.91. The van der Waals surface area contributed by atoms with Crippen molar-refractivity contribution in [3.8, 4) is 5.75 Å². The van der Waals surface area contributed by atoms with Gasteiger partial charge in [0.1, 0.15) is 5.75 Å². The second kappa shape index (κ2) is 6.21. The van der Waals surface area contributed by atoms with E-state index in [2.05, 4.69) is 44.7 Å². The van der Waals surface area contributed by atoms with Gasteiger partial charge in [0.15, 0.2) is 0 Å². The van der Waals surface area contributed by atoms with Gasteiger partial charge < -0.3 is 9.84 Å². The average Bonchev–Trinajstić information content (AvgIpc) is 2.55. The standard InChI is InChI=1S/C21H24O2/c1-15(2)19-12-13-21(3,17-9-5-4-6-10-17)23-20(19)16-8-7-11-18(22)14-16/h4-11,14,19-20,22H,1,12-13H2,2-3H3. The van der Waals surface area contributed by atoms with Crippen LogP contribution in [0, 0.1) is 5.92 Å². The van der Waals surface area contributed by atoms with Crippen LogP contribution in [0.4, 0.5) is 0 Å². The Bertz CT molecular complexity index is 692. The summed E-state index contributed by atoms with van der Waals surface area (Å²) in [5, 5.41) is 9.84. The lowest BCUT2D eigenvalue weighted by molar-refractivity contribution is -0.145. The predicted octanol–water partition coefficient (Wildman–Crippen LogP) is 5.35. The Hall–Kier alpha value is -2.06. The first-order chi connectivity index (χ1) is 11.0. The number of phenolic OH excluding ortho intramolecular Hbond substituents is 1. The SMILES string of the molecule is C=C(C)C1CCC(C)(c2ccccc2)OC1c1cccc(O)c1. The van der Waals surface area contributed by atoms with Crippen molar-refractivity contribution < 1.29 is 9.84 Å². The van der Waals surface area contributed by atoms with Crippen molar-refractivity contribution in [2.24, 2.45) is 5.92 Å². The maximum atomic E-state index is 9.84. The van der Waals surface area contributed by atoms with E-state index in [1.54, 1.807) is 12.1 Å². The zero-order valence-electron chi connectivity index (χ0n) is 13.8. The maximum absolute atomic E-state index is 9.84. The second-order valence-electron chi connectivity index (χ2n) is 6.72. The summed E-state index contributed by atoms with van der Waals surface area (Å²) in [7, 11) is 0. The topological polar surface area (TPSA) is 29.5 Å². The molecule has 0 amide bonds. The fourth-order valence-electron chi connectivity index (χ4n) is 3.51. The normalized spacial score (nSPS) is 27.6. The van der Waals surface area contributed by atoms with E-state index in [1.165, 1.54) is 5.56 Å². The van der Waals surface area contributed by atoms with Gasteiger partial charge >= 0.3 is 0 Å². The number of aromatic hydroxyl groups is 1. The molecule has 3 rings (SSSR count). The maximum Gasteiger partial charge on any atom is 0.115 e. The van der Waals surface area contributed by atoms with E-state index in [4.69, 9.17) is 4.74 Å². The molecule has 1 heterocycles. The molecule has 1 N–H and O–H groups in total. The number of phenols is 1. The molecule has 0 aliphatic carbocycles. The van der Waals surface area contributed by atoms with Crippen molar-refractivity contribution in [3.05, 3.63) is 77.9 Å².